The van der Waals surface area contributed by atoms with Crippen molar-refractivity contribution < 1.29 is 0 Å². The highest BCUT2D eigenvalue weighted by Gasteiger charge is 2.08. The van der Waals surface area contributed by atoms with Gasteiger partial charge >= 0.3 is 0 Å². The number of guanidine groups is 2. The van der Waals surface area contributed by atoms with Crippen LogP contribution in [0.4, 0.5) is 0 Å². The maximum absolute atomic E-state index is 7.88. The van der Waals surface area contributed by atoms with Crippen molar-refractivity contribution in [1.82, 2.24) is 15.5 Å². The summed E-state index contributed by atoms with van der Waals surface area (Å²) in [5.74, 6) is 0.394. The smallest absolute Gasteiger partial charge is 0.197 e. The number of nitrogens with one attached hydrogen (secondary N) is 4. The Morgan fingerprint density at radius 3 is 2.44 bits per heavy atom. The normalized spacial score (nSPS) is 9.67. The van der Waals surface area contributed by atoms with Gasteiger partial charge in [-0.1, -0.05) is 30.3 Å². The molecule has 18 heavy (non-hydrogen) atoms. The van der Waals surface area contributed by atoms with E-state index in [1.54, 1.807) is 7.05 Å². The van der Waals surface area contributed by atoms with Crippen LogP contribution < -0.4 is 10.6 Å². The Hall–Kier alpha value is -2.04. The molecule has 0 saturated carbocycles. The van der Waals surface area contributed by atoms with Crippen molar-refractivity contribution in [3.63, 3.8) is 0 Å². The van der Waals surface area contributed by atoms with Crippen LogP contribution in [-0.2, 0) is 6.42 Å². The van der Waals surface area contributed by atoms with Crippen LogP contribution in [0, 0.1) is 10.8 Å². The molecule has 0 amide bonds. The van der Waals surface area contributed by atoms with E-state index in [0.717, 1.165) is 19.5 Å². The molecule has 0 aliphatic heterocycles. The summed E-state index contributed by atoms with van der Waals surface area (Å²) in [6.45, 7) is 3.52. The summed E-state index contributed by atoms with van der Waals surface area (Å²) in [4.78, 5) is 1.90. The van der Waals surface area contributed by atoms with Gasteiger partial charge in [0, 0.05) is 20.1 Å². The topological polar surface area (TPSA) is 75.0 Å². The zero-order valence-corrected chi connectivity index (χ0v) is 11.0. The fourth-order valence-corrected chi connectivity index (χ4v) is 1.60. The molecule has 0 heterocycles. The van der Waals surface area contributed by atoms with Gasteiger partial charge in [-0.2, -0.15) is 0 Å². The molecule has 4 N–H and O–H groups in total. The van der Waals surface area contributed by atoms with Gasteiger partial charge in [0.25, 0.3) is 0 Å². The third-order valence-electron chi connectivity index (χ3n) is 2.70. The number of hydrogen-bond donors (Lipinski definition) is 4. The van der Waals surface area contributed by atoms with Gasteiger partial charge in [0.15, 0.2) is 11.9 Å². The third-order valence-corrected chi connectivity index (χ3v) is 2.70. The molecular formula is C13H21N5. The second-order valence-electron chi connectivity index (χ2n) is 3.91. The molecule has 0 aromatic heterocycles. The van der Waals surface area contributed by atoms with E-state index in [4.69, 9.17) is 10.8 Å². The first-order valence-electron chi connectivity index (χ1n) is 6.08. The number of likely N-dealkylation sites (N-methyl/N-ethyl adjacent to an activating group) is 1. The molecule has 0 aliphatic carbocycles. The Balaban J connectivity index is 2.47. The van der Waals surface area contributed by atoms with E-state index in [9.17, 15) is 0 Å². The quantitative estimate of drug-likeness (QED) is 0.477. The molecule has 0 fully saturated rings. The maximum atomic E-state index is 7.88. The lowest BCUT2D eigenvalue weighted by atomic mass is 10.1. The first-order chi connectivity index (χ1) is 8.67. The molecule has 0 aliphatic rings. The zero-order valence-electron chi connectivity index (χ0n) is 11.0. The Bertz CT molecular complexity index is 388. The standard InChI is InChI=1S/C13H21N5/c1-3-18(13(15)17-12(14)16-2)10-9-11-7-5-4-6-8-11/h4-8H,3,9-10H2,1-2H3,(H4,14,15,16,17). The Kier molecular flexibility index (Phi) is 5.70. The Labute approximate surface area is 108 Å². The molecule has 0 saturated heterocycles. The molecule has 0 spiro atoms. The van der Waals surface area contributed by atoms with Crippen LogP contribution in [0.2, 0.25) is 0 Å². The molecule has 0 radical (unpaired) electrons. The van der Waals surface area contributed by atoms with Crippen molar-refractivity contribution in [2.45, 2.75) is 13.3 Å². The predicted octanol–water partition coefficient (Wildman–Crippen LogP) is 1.23. The van der Waals surface area contributed by atoms with Crippen molar-refractivity contribution in [3.05, 3.63) is 35.9 Å². The van der Waals surface area contributed by atoms with Crippen LogP contribution in [0.15, 0.2) is 30.3 Å². The SMILES string of the molecule is CCN(CCc1ccccc1)C(=N)NC(=N)NC. The first kappa shape index (κ1) is 14.0. The fraction of sp³-hybridized carbons (Fsp3) is 0.385. The lowest BCUT2D eigenvalue weighted by Crippen LogP contribution is -2.47. The summed E-state index contributed by atoms with van der Waals surface area (Å²) in [5.41, 5.74) is 1.26. The average molecular weight is 247 g/mol. The highest BCUT2D eigenvalue weighted by molar-refractivity contribution is 5.95. The molecule has 5 heteroatoms. The minimum atomic E-state index is 0.137. The van der Waals surface area contributed by atoms with Gasteiger partial charge in [0.1, 0.15) is 0 Å². The molecule has 1 aromatic carbocycles. The molecule has 1 rings (SSSR count). The van der Waals surface area contributed by atoms with Crippen molar-refractivity contribution in [1.29, 1.82) is 10.8 Å². The van der Waals surface area contributed by atoms with Crippen molar-refractivity contribution in [3.8, 4) is 0 Å². The van der Waals surface area contributed by atoms with E-state index in [-0.39, 0.29) is 11.9 Å². The zero-order chi connectivity index (χ0) is 13.4. The molecule has 98 valence electrons. The number of benzene rings is 1. The predicted molar refractivity (Wildman–Crippen MR) is 75.0 cm³/mol. The van der Waals surface area contributed by atoms with Crippen LogP contribution in [0.5, 0.6) is 0 Å². The monoisotopic (exact) mass is 247 g/mol. The van der Waals surface area contributed by atoms with Crippen LogP contribution in [-0.4, -0.2) is 37.0 Å². The number of hydrogen-bond acceptors (Lipinski definition) is 2. The van der Waals surface area contributed by atoms with Gasteiger partial charge in [-0.25, -0.2) is 0 Å². The number of rotatable bonds is 4. The summed E-state index contributed by atoms with van der Waals surface area (Å²) in [5, 5.41) is 20.7. The van der Waals surface area contributed by atoms with Crippen molar-refractivity contribution in [2.75, 3.05) is 20.1 Å². The average Bonchev–Trinajstić information content (AvgIpc) is 2.40. The van der Waals surface area contributed by atoms with Crippen LogP contribution in [0.3, 0.4) is 0 Å². The van der Waals surface area contributed by atoms with Gasteiger partial charge in [-0.3, -0.25) is 16.1 Å². The summed E-state index contributed by atoms with van der Waals surface area (Å²) in [6.07, 6.45) is 0.894. The lowest BCUT2D eigenvalue weighted by molar-refractivity contribution is 0.432. The second-order valence-corrected chi connectivity index (χ2v) is 3.91. The van der Waals surface area contributed by atoms with Crippen molar-refractivity contribution in [2.24, 2.45) is 0 Å². The molecule has 5 nitrogen and oxygen atoms in total. The van der Waals surface area contributed by atoms with E-state index in [2.05, 4.69) is 22.8 Å². The molecule has 1 aromatic rings. The highest BCUT2D eigenvalue weighted by Crippen LogP contribution is 2.01. The first-order valence-corrected chi connectivity index (χ1v) is 6.08. The van der Waals surface area contributed by atoms with E-state index >= 15 is 0 Å². The van der Waals surface area contributed by atoms with Gasteiger partial charge < -0.3 is 10.2 Å². The fourth-order valence-electron chi connectivity index (χ4n) is 1.60. The summed E-state index contributed by atoms with van der Waals surface area (Å²) in [7, 11) is 1.66. The maximum Gasteiger partial charge on any atom is 0.197 e. The van der Waals surface area contributed by atoms with Crippen LogP contribution in [0.25, 0.3) is 0 Å². The van der Waals surface area contributed by atoms with E-state index < -0.39 is 0 Å². The van der Waals surface area contributed by atoms with Crippen molar-refractivity contribution >= 4 is 11.9 Å². The lowest BCUT2D eigenvalue weighted by Gasteiger charge is -2.24. The summed E-state index contributed by atoms with van der Waals surface area (Å²) in [6, 6.07) is 10.2. The van der Waals surface area contributed by atoms with Gasteiger partial charge in [0.05, 0.1) is 0 Å². The third kappa shape index (κ3) is 4.45. The minimum Gasteiger partial charge on any atom is -0.359 e. The Morgan fingerprint density at radius 1 is 1.22 bits per heavy atom. The summed E-state index contributed by atoms with van der Waals surface area (Å²) >= 11 is 0. The van der Waals surface area contributed by atoms with Crippen LogP contribution in [0.1, 0.15) is 12.5 Å². The molecule has 0 unspecified atom stereocenters. The second kappa shape index (κ2) is 7.32. The van der Waals surface area contributed by atoms with E-state index in [1.807, 2.05) is 30.0 Å². The van der Waals surface area contributed by atoms with Gasteiger partial charge in [-0.05, 0) is 18.9 Å². The van der Waals surface area contributed by atoms with Crippen LogP contribution >= 0.6 is 0 Å². The highest BCUT2D eigenvalue weighted by atomic mass is 15.3. The van der Waals surface area contributed by atoms with Gasteiger partial charge in [0.2, 0.25) is 0 Å². The molecule has 0 bridgehead atoms. The largest absolute Gasteiger partial charge is 0.359 e. The Morgan fingerprint density at radius 2 is 1.89 bits per heavy atom. The van der Waals surface area contributed by atoms with E-state index in [0.29, 0.717) is 0 Å². The minimum absolute atomic E-state index is 0.137. The van der Waals surface area contributed by atoms with Gasteiger partial charge in [-0.15, -0.1) is 0 Å². The van der Waals surface area contributed by atoms with E-state index in [1.165, 1.54) is 5.56 Å². The number of nitrogens with zero attached hydrogens (tertiary/aromatic N) is 1. The molecule has 0 atom stereocenters. The summed E-state index contributed by atoms with van der Waals surface area (Å²) < 4.78 is 0. The molecular weight excluding hydrogens is 226 g/mol.